The Bertz CT molecular complexity index is 1390. The van der Waals surface area contributed by atoms with Crippen LogP contribution in [0.5, 0.6) is 0 Å². The van der Waals surface area contributed by atoms with Gasteiger partial charge < -0.3 is 0 Å². The molecule has 0 bridgehead atoms. The SMILES string of the molecule is Cn1nc(C(F)(F)F)c(/C=C2\C(=O)NC(=S)N(c3ccc(Cl)cc3)C2=O)c1SCc1ccc(Cl)cc1. The quantitative estimate of drug-likeness (QED) is 0.180. The summed E-state index contributed by atoms with van der Waals surface area (Å²) in [5.74, 6) is -1.50. The van der Waals surface area contributed by atoms with Gasteiger partial charge >= 0.3 is 6.18 Å². The molecular weight excluding hydrogens is 556 g/mol. The van der Waals surface area contributed by atoms with Crippen LogP contribution in [0, 0.1) is 0 Å². The third-order valence-electron chi connectivity index (χ3n) is 5.06. The second kappa shape index (κ2) is 10.3. The van der Waals surface area contributed by atoms with Crippen molar-refractivity contribution in [3.8, 4) is 0 Å². The van der Waals surface area contributed by atoms with E-state index in [0.29, 0.717) is 21.5 Å². The van der Waals surface area contributed by atoms with Gasteiger partial charge in [0.2, 0.25) is 0 Å². The number of hydrogen-bond acceptors (Lipinski definition) is 5. The number of rotatable bonds is 5. The van der Waals surface area contributed by atoms with Crippen LogP contribution in [0.4, 0.5) is 18.9 Å². The molecule has 1 fully saturated rings. The molecule has 0 spiro atoms. The van der Waals surface area contributed by atoms with Crippen molar-refractivity contribution in [1.29, 1.82) is 0 Å². The molecule has 1 N–H and O–H groups in total. The minimum Gasteiger partial charge on any atom is -0.298 e. The topological polar surface area (TPSA) is 67.2 Å². The van der Waals surface area contributed by atoms with Gasteiger partial charge in [-0.05, 0) is 60.3 Å². The van der Waals surface area contributed by atoms with E-state index in [2.05, 4.69) is 10.4 Å². The number of thiocarbonyl (C=S) groups is 1. The van der Waals surface area contributed by atoms with E-state index in [0.717, 1.165) is 33.0 Å². The molecule has 1 saturated heterocycles. The zero-order valence-electron chi connectivity index (χ0n) is 18.3. The summed E-state index contributed by atoms with van der Waals surface area (Å²) in [5, 5.41) is 6.84. The highest BCUT2D eigenvalue weighted by atomic mass is 35.5. The molecule has 1 aliphatic heterocycles. The highest BCUT2D eigenvalue weighted by Crippen LogP contribution is 2.38. The van der Waals surface area contributed by atoms with E-state index in [9.17, 15) is 22.8 Å². The number of carbonyl (C=O) groups excluding carboxylic acids is 2. The van der Waals surface area contributed by atoms with Crippen molar-refractivity contribution in [2.24, 2.45) is 7.05 Å². The van der Waals surface area contributed by atoms with Crippen LogP contribution >= 0.6 is 47.2 Å². The van der Waals surface area contributed by atoms with Gasteiger partial charge in [0.1, 0.15) is 10.6 Å². The lowest BCUT2D eigenvalue weighted by atomic mass is 10.1. The summed E-state index contributed by atoms with van der Waals surface area (Å²) < 4.78 is 42.7. The van der Waals surface area contributed by atoms with Crippen LogP contribution in [0.2, 0.25) is 10.0 Å². The number of benzene rings is 2. The van der Waals surface area contributed by atoms with E-state index in [1.165, 1.54) is 31.3 Å². The summed E-state index contributed by atoms with van der Waals surface area (Å²) in [6.45, 7) is 0. The van der Waals surface area contributed by atoms with E-state index in [4.69, 9.17) is 35.4 Å². The van der Waals surface area contributed by atoms with E-state index in [1.807, 2.05) is 0 Å². The number of halogens is 5. The summed E-state index contributed by atoms with van der Waals surface area (Å²) in [6, 6.07) is 12.9. The van der Waals surface area contributed by atoms with Gasteiger partial charge in [-0.3, -0.25) is 24.5 Å². The first-order valence-electron chi connectivity index (χ1n) is 10.1. The zero-order valence-corrected chi connectivity index (χ0v) is 21.4. The van der Waals surface area contributed by atoms with Gasteiger partial charge in [0.15, 0.2) is 10.8 Å². The number of amides is 2. The van der Waals surface area contributed by atoms with Gasteiger partial charge in [0.05, 0.1) is 5.69 Å². The van der Waals surface area contributed by atoms with Crippen LogP contribution in [-0.2, 0) is 28.6 Å². The van der Waals surface area contributed by atoms with Gasteiger partial charge in [-0.1, -0.05) is 35.3 Å². The van der Waals surface area contributed by atoms with E-state index in [1.54, 1.807) is 24.3 Å². The Morgan fingerprint density at radius 2 is 1.64 bits per heavy atom. The fourth-order valence-corrected chi connectivity index (χ4v) is 4.96. The lowest BCUT2D eigenvalue weighted by molar-refractivity contribution is -0.141. The standard InChI is InChI=1S/C23H15Cl2F3N4O2S2/c1-31-21(36-11-12-2-4-13(24)5-3-12)16(18(30-31)23(26,27)28)10-17-19(33)29-22(35)32(20(17)34)15-8-6-14(25)7-9-15/h2-10H,11H2,1H3,(H,29,33,35)/b17-10+. The van der Waals surface area contributed by atoms with Crippen molar-refractivity contribution in [2.45, 2.75) is 17.0 Å². The third kappa shape index (κ3) is 5.44. The van der Waals surface area contributed by atoms with Gasteiger partial charge in [-0.2, -0.15) is 18.3 Å². The zero-order chi connectivity index (χ0) is 26.2. The molecule has 2 heterocycles. The fraction of sp³-hybridized carbons (Fsp3) is 0.130. The second-order valence-corrected chi connectivity index (χ2v) is 9.76. The van der Waals surface area contributed by atoms with Crippen LogP contribution in [0.15, 0.2) is 59.1 Å². The third-order valence-corrected chi connectivity index (χ3v) is 7.09. The predicted molar refractivity (Wildman–Crippen MR) is 137 cm³/mol. The molecule has 0 unspecified atom stereocenters. The number of anilines is 1. The maximum absolute atomic E-state index is 13.9. The minimum absolute atomic E-state index is 0.122. The lowest BCUT2D eigenvalue weighted by Gasteiger charge is -2.29. The largest absolute Gasteiger partial charge is 0.435 e. The fourth-order valence-electron chi connectivity index (χ4n) is 3.39. The monoisotopic (exact) mass is 570 g/mol. The molecule has 6 nitrogen and oxygen atoms in total. The van der Waals surface area contributed by atoms with Gasteiger partial charge in [-0.25, -0.2) is 0 Å². The van der Waals surface area contributed by atoms with Crippen molar-refractivity contribution in [3.05, 3.63) is 81.0 Å². The molecular formula is C23H15Cl2F3N4O2S2. The number of carbonyl (C=O) groups is 2. The molecule has 1 aromatic heterocycles. The summed E-state index contributed by atoms with van der Waals surface area (Å²) in [5.41, 5.74) is -1.04. The first-order valence-corrected chi connectivity index (χ1v) is 12.3. The highest BCUT2D eigenvalue weighted by molar-refractivity contribution is 7.98. The van der Waals surface area contributed by atoms with Crippen molar-refractivity contribution in [3.63, 3.8) is 0 Å². The molecule has 0 saturated carbocycles. The molecule has 13 heteroatoms. The number of alkyl halides is 3. The van der Waals surface area contributed by atoms with Crippen LogP contribution < -0.4 is 10.2 Å². The van der Waals surface area contributed by atoms with Crippen molar-refractivity contribution < 1.29 is 22.8 Å². The average Bonchev–Trinajstić information content (AvgIpc) is 3.13. The van der Waals surface area contributed by atoms with Crippen LogP contribution in [-0.4, -0.2) is 26.7 Å². The molecule has 2 amide bonds. The molecule has 4 rings (SSSR count). The second-order valence-electron chi connectivity index (χ2n) is 7.54. The summed E-state index contributed by atoms with van der Waals surface area (Å²) in [6.07, 6.45) is -3.93. The first kappa shape index (κ1) is 26.2. The maximum atomic E-state index is 13.9. The maximum Gasteiger partial charge on any atom is 0.435 e. The molecule has 2 aromatic carbocycles. The lowest BCUT2D eigenvalue weighted by Crippen LogP contribution is -2.54. The van der Waals surface area contributed by atoms with Crippen molar-refractivity contribution in [1.82, 2.24) is 15.1 Å². The number of aromatic nitrogens is 2. The average molecular weight is 571 g/mol. The number of nitrogens with one attached hydrogen (secondary N) is 1. The predicted octanol–water partition coefficient (Wildman–Crippen LogP) is 5.87. The number of hydrogen-bond donors (Lipinski definition) is 1. The minimum atomic E-state index is -4.83. The normalized spacial score (nSPS) is 15.6. The molecule has 1 aliphatic rings. The Morgan fingerprint density at radius 3 is 2.22 bits per heavy atom. The Morgan fingerprint density at radius 1 is 1.06 bits per heavy atom. The van der Waals surface area contributed by atoms with Gasteiger partial charge in [-0.15, -0.1) is 11.8 Å². The van der Waals surface area contributed by atoms with Crippen molar-refractivity contribution >= 4 is 75.9 Å². The number of aryl methyl sites for hydroxylation is 1. The Balaban J connectivity index is 1.77. The number of thioether (sulfide) groups is 1. The van der Waals surface area contributed by atoms with Gasteiger partial charge in [0.25, 0.3) is 11.8 Å². The Kier molecular flexibility index (Phi) is 7.46. The van der Waals surface area contributed by atoms with Gasteiger partial charge in [0, 0.05) is 28.4 Å². The molecule has 36 heavy (non-hydrogen) atoms. The van der Waals surface area contributed by atoms with Crippen LogP contribution in [0.1, 0.15) is 16.8 Å². The van der Waals surface area contributed by atoms with Crippen molar-refractivity contribution in [2.75, 3.05) is 4.90 Å². The summed E-state index contributed by atoms with van der Waals surface area (Å²) >= 11 is 18.0. The summed E-state index contributed by atoms with van der Waals surface area (Å²) in [7, 11) is 1.36. The summed E-state index contributed by atoms with van der Waals surface area (Å²) in [4.78, 5) is 27.0. The smallest absolute Gasteiger partial charge is 0.298 e. The van der Waals surface area contributed by atoms with E-state index in [-0.39, 0.29) is 10.1 Å². The molecule has 0 aliphatic carbocycles. The van der Waals surface area contributed by atoms with E-state index >= 15 is 0 Å². The molecule has 0 atom stereocenters. The Labute approximate surface area is 223 Å². The molecule has 0 radical (unpaired) electrons. The molecule has 3 aromatic rings. The van der Waals surface area contributed by atoms with E-state index < -0.39 is 34.8 Å². The Hall–Kier alpha value is -2.86. The number of nitrogens with zero attached hydrogens (tertiary/aromatic N) is 3. The van der Waals surface area contributed by atoms with Crippen LogP contribution in [0.25, 0.3) is 6.08 Å². The molecule has 186 valence electrons. The first-order chi connectivity index (χ1) is 17.0. The van der Waals surface area contributed by atoms with Crippen LogP contribution in [0.3, 0.4) is 0 Å². The highest BCUT2D eigenvalue weighted by Gasteiger charge is 2.40.